The molecule has 1 atom stereocenters. The van der Waals surface area contributed by atoms with Gasteiger partial charge in [-0.1, -0.05) is 26.8 Å². The van der Waals surface area contributed by atoms with E-state index < -0.39 is 0 Å². The number of pyridine rings is 1. The van der Waals surface area contributed by atoms with E-state index in [0.717, 1.165) is 13.1 Å². The van der Waals surface area contributed by atoms with Crippen LogP contribution in [0.1, 0.15) is 38.3 Å². The summed E-state index contributed by atoms with van der Waals surface area (Å²) in [6.45, 7) is 10.6. The standard InChI is InChI=1S/C13H22N2S/c1-5-11(4)16-13-10(3)7-12(9-15-13)8-14-6-2/h7,9,11,14H,5-6,8H2,1-4H3. The van der Waals surface area contributed by atoms with Gasteiger partial charge in [0, 0.05) is 18.0 Å². The molecule has 1 heterocycles. The number of nitrogens with zero attached hydrogens (tertiary/aromatic N) is 1. The molecule has 0 amide bonds. The van der Waals surface area contributed by atoms with Crippen LogP contribution in [0.15, 0.2) is 17.3 Å². The third kappa shape index (κ3) is 4.14. The van der Waals surface area contributed by atoms with Crippen LogP contribution in [-0.4, -0.2) is 16.8 Å². The number of thioether (sulfide) groups is 1. The van der Waals surface area contributed by atoms with Crippen LogP contribution in [-0.2, 0) is 6.54 Å². The van der Waals surface area contributed by atoms with E-state index in [1.54, 1.807) is 0 Å². The molecule has 0 bridgehead atoms. The number of hydrogen-bond acceptors (Lipinski definition) is 3. The number of rotatable bonds is 6. The molecule has 1 unspecified atom stereocenters. The lowest BCUT2D eigenvalue weighted by Gasteiger charge is -2.11. The van der Waals surface area contributed by atoms with E-state index in [4.69, 9.17) is 0 Å². The van der Waals surface area contributed by atoms with Gasteiger partial charge in [-0.25, -0.2) is 4.98 Å². The Morgan fingerprint density at radius 2 is 2.19 bits per heavy atom. The second-order valence-electron chi connectivity index (χ2n) is 4.08. The lowest BCUT2D eigenvalue weighted by atomic mass is 10.2. The van der Waals surface area contributed by atoms with Crippen molar-refractivity contribution >= 4 is 11.8 Å². The minimum Gasteiger partial charge on any atom is -0.313 e. The highest BCUT2D eigenvalue weighted by Crippen LogP contribution is 2.26. The van der Waals surface area contributed by atoms with E-state index in [0.29, 0.717) is 5.25 Å². The maximum Gasteiger partial charge on any atom is 0.0991 e. The topological polar surface area (TPSA) is 24.9 Å². The SMILES string of the molecule is CCNCc1cnc(SC(C)CC)c(C)c1. The van der Waals surface area contributed by atoms with Crippen LogP contribution in [0.3, 0.4) is 0 Å². The third-order valence-electron chi connectivity index (χ3n) is 2.55. The fourth-order valence-electron chi connectivity index (χ4n) is 1.38. The van der Waals surface area contributed by atoms with Gasteiger partial charge in [0.1, 0.15) is 0 Å². The molecule has 0 fully saturated rings. The van der Waals surface area contributed by atoms with E-state index >= 15 is 0 Å². The van der Waals surface area contributed by atoms with Gasteiger partial charge in [0.05, 0.1) is 5.03 Å². The molecule has 0 aliphatic rings. The van der Waals surface area contributed by atoms with Crippen LogP contribution in [0.2, 0.25) is 0 Å². The molecule has 0 aliphatic heterocycles. The molecule has 1 rings (SSSR count). The summed E-state index contributed by atoms with van der Waals surface area (Å²) in [5, 5.41) is 5.14. The average molecular weight is 238 g/mol. The van der Waals surface area contributed by atoms with E-state index in [9.17, 15) is 0 Å². The summed E-state index contributed by atoms with van der Waals surface area (Å²) >= 11 is 1.87. The van der Waals surface area contributed by atoms with Gasteiger partial charge in [0.2, 0.25) is 0 Å². The molecule has 3 heteroatoms. The minimum atomic E-state index is 0.644. The van der Waals surface area contributed by atoms with Gasteiger partial charge in [0.25, 0.3) is 0 Å². The molecule has 1 aromatic rings. The van der Waals surface area contributed by atoms with Crippen molar-refractivity contribution in [3.63, 3.8) is 0 Å². The molecule has 0 saturated carbocycles. The normalized spacial score (nSPS) is 12.8. The highest BCUT2D eigenvalue weighted by molar-refractivity contribution is 7.99. The van der Waals surface area contributed by atoms with Crippen molar-refractivity contribution in [2.24, 2.45) is 0 Å². The predicted molar refractivity (Wildman–Crippen MR) is 72.0 cm³/mol. The first kappa shape index (κ1) is 13.5. The molecular weight excluding hydrogens is 216 g/mol. The molecule has 0 aliphatic carbocycles. The first-order chi connectivity index (χ1) is 7.67. The molecule has 2 nitrogen and oxygen atoms in total. The summed E-state index contributed by atoms with van der Waals surface area (Å²) in [6, 6.07) is 2.24. The fraction of sp³-hybridized carbons (Fsp3) is 0.615. The summed E-state index contributed by atoms with van der Waals surface area (Å²) in [5.74, 6) is 0. The lowest BCUT2D eigenvalue weighted by molar-refractivity contribution is 0.721. The number of aromatic nitrogens is 1. The maximum absolute atomic E-state index is 4.54. The Morgan fingerprint density at radius 1 is 1.44 bits per heavy atom. The Morgan fingerprint density at radius 3 is 2.75 bits per heavy atom. The van der Waals surface area contributed by atoms with Gasteiger partial charge in [-0.2, -0.15) is 0 Å². The molecule has 0 spiro atoms. The van der Waals surface area contributed by atoms with E-state index in [-0.39, 0.29) is 0 Å². The van der Waals surface area contributed by atoms with Gasteiger partial charge in [-0.05, 0) is 31.0 Å². The summed E-state index contributed by atoms with van der Waals surface area (Å²) in [4.78, 5) is 4.54. The van der Waals surface area contributed by atoms with Crippen LogP contribution < -0.4 is 5.32 Å². The van der Waals surface area contributed by atoms with Crippen molar-refractivity contribution in [2.45, 2.75) is 50.9 Å². The van der Waals surface area contributed by atoms with Crippen LogP contribution in [0.4, 0.5) is 0 Å². The highest BCUT2D eigenvalue weighted by Gasteiger charge is 2.06. The summed E-state index contributed by atoms with van der Waals surface area (Å²) in [7, 11) is 0. The van der Waals surface area contributed by atoms with Crippen molar-refractivity contribution < 1.29 is 0 Å². The monoisotopic (exact) mass is 238 g/mol. The zero-order valence-electron chi connectivity index (χ0n) is 10.7. The zero-order valence-corrected chi connectivity index (χ0v) is 11.5. The number of aryl methyl sites for hydroxylation is 1. The highest BCUT2D eigenvalue weighted by atomic mass is 32.2. The Hall–Kier alpha value is -0.540. The van der Waals surface area contributed by atoms with E-state index in [1.807, 2.05) is 18.0 Å². The van der Waals surface area contributed by atoms with Crippen LogP contribution in [0, 0.1) is 6.92 Å². The summed E-state index contributed by atoms with van der Waals surface area (Å²) < 4.78 is 0. The second-order valence-corrected chi connectivity index (χ2v) is 5.51. The van der Waals surface area contributed by atoms with Gasteiger partial charge in [-0.15, -0.1) is 11.8 Å². The van der Waals surface area contributed by atoms with Crippen LogP contribution >= 0.6 is 11.8 Å². The van der Waals surface area contributed by atoms with E-state index in [1.165, 1.54) is 22.6 Å². The Kier molecular flexibility index (Phi) is 5.85. The largest absolute Gasteiger partial charge is 0.313 e. The Balaban J connectivity index is 2.67. The van der Waals surface area contributed by atoms with Gasteiger partial charge in [-0.3, -0.25) is 0 Å². The van der Waals surface area contributed by atoms with Crippen molar-refractivity contribution in [2.75, 3.05) is 6.54 Å². The van der Waals surface area contributed by atoms with Crippen LogP contribution in [0.25, 0.3) is 0 Å². The Labute approximate surface area is 103 Å². The molecule has 16 heavy (non-hydrogen) atoms. The fourth-order valence-corrected chi connectivity index (χ4v) is 2.29. The molecule has 0 saturated heterocycles. The molecule has 90 valence electrons. The zero-order chi connectivity index (χ0) is 12.0. The van der Waals surface area contributed by atoms with Gasteiger partial charge in [0.15, 0.2) is 0 Å². The smallest absolute Gasteiger partial charge is 0.0991 e. The quantitative estimate of drug-likeness (QED) is 0.769. The second kappa shape index (κ2) is 6.92. The first-order valence-electron chi connectivity index (χ1n) is 6.00. The summed E-state index contributed by atoms with van der Waals surface area (Å²) in [5.41, 5.74) is 2.56. The van der Waals surface area contributed by atoms with Crippen molar-refractivity contribution in [1.82, 2.24) is 10.3 Å². The van der Waals surface area contributed by atoms with Crippen molar-refractivity contribution in [3.05, 3.63) is 23.4 Å². The van der Waals surface area contributed by atoms with Gasteiger partial charge < -0.3 is 5.32 Å². The minimum absolute atomic E-state index is 0.644. The van der Waals surface area contributed by atoms with E-state index in [2.05, 4.69) is 44.1 Å². The molecule has 1 aromatic heterocycles. The molecule has 0 radical (unpaired) electrons. The molecule has 0 aromatic carbocycles. The maximum atomic E-state index is 4.54. The first-order valence-corrected chi connectivity index (χ1v) is 6.88. The lowest BCUT2D eigenvalue weighted by Crippen LogP contribution is -2.12. The number of hydrogen-bond donors (Lipinski definition) is 1. The van der Waals surface area contributed by atoms with Crippen LogP contribution in [0.5, 0.6) is 0 Å². The molecule has 1 N–H and O–H groups in total. The third-order valence-corrected chi connectivity index (χ3v) is 3.94. The van der Waals surface area contributed by atoms with Gasteiger partial charge >= 0.3 is 0 Å². The summed E-state index contributed by atoms with van der Waals surface area (Å²) in [6.07, 6.45) is 3.17. The predicted octanol–water partition coefficient (Wildman–Crippen LogP) is 3.39. The number of nitrogens with one attached hydrogen (secondary N) is 1. The van der Waals surface area contributed by atoms with Crippen molar-refractivity contribution in [3.8, 4) is 0 Å². The molecular formula is C13H22N2S. The Bertz CT molecular complexity index is 326. The average Bonchev–Trinajstić information content (AvgIpc) is 2.29. The van der Waals surface area contributed by atoms with Crippen molar-refractivity contribution in [1.29, 1.82) is 0 Å².